The topological polar surface area (TPSA) is 93.2 Å². The molecule has 43 heavy (non-hydrogen) atoms. The summed E-state index contributed by atoms with van der Waals surface area (Å²) in [5.74, 6) is -0.0326. The van der Waals surface area contributed by atoms with Crippen molar-refractivity contribution in [3.05, 3.63) is 58.7 Å². The molecule has 0 radical (unpaired) electrons. The highest BCUT2D eigenvalue weighted by Crippen LogP contribution is 2.49. The third-order valence-corrected chi connectivity index (χ3v) is 8.44. The first-order valence-electron chi connectivity index (χ1n) is 13.3. The second kappa shape index (κ2) is 11.5. The van der Waals surface area contributed by atoms with Gasteiger partial charge in [0.1, 0.15) is 0 Å². The Morgan fingerprint density at radius 1 is 1.00 bits per heavy atom. The number of fused-ring (bicyclic) bond motifs is 1. The standard InChI is InChI=1S/C28H30F6N2O6S/c1-15(2)42-26(38)36-22-8-7-20(43(4,39)40)12-21(22)24(13-23(36)17-5-6-17)35(25(37)41-3)14-16-9-18(27(29,30)31)11-19(10-16)28(32,33)34/h7-12,15,17,23-24H,5-6,13-14H2,1-4H3/t23-,24-/m0/s1. The summed E-state index contributed by atoms with van der Waals surface area (Å²) in [7, 11) is -2.80. The summed E-state index contributed by atoms with van der Waals surface area (Å²) in [4.78, 5) is 28.6. The Hall–Kier alpha value is -3.49. The number of rotatable bonds is 6. The maximum atomic E-state index is 13.6. The molecule has 1 fully saturated rings. The Kier molecular flexibility index (Phi) is 8.70. The Morgan fingerprint density at radius 3 is 2.05 bits per heavy atom. The first-order chi connectivity index (χ1) is 19.8. The lowest BCUT2D eigenvalue weighted by molar-refractivity contribution is -0.143. The molecule has 1 heterocycles. The summed E-state index contributed by atoms with van der Waals surface area (Å²) in [6, 6.07) is 3.30. The van der Waals surface area contributed by atoms with E-state index in [0.29, 0.717) is 12.1 Å². The number of amides is 2. The van der Waals surface area contributed by atoms with Gasteiger partial charge >= 0.3 is 24.5 Å². The van der Waals surface area contributed by atoms with Crippen molar-refractivity contribution in [1.82, 2.24) is 4.90 Å². The molecule has 2 aromatic rings. The van der Waals surface area contributed by atoms with Crippen LogP contribution in [0.4, 0.5) is 41.6 Å². The molecule has 0 bridgehead atoms. The van der Waals surface area contributed by atoms with E-state index < -0.39 is 75.8 Å². The van der Waals surface area contributed by atoms with E-state index in [1.807, 2.05) is 0 Å². The van der Waals surface area contributed by atoms with Gasteiger partial charge in [-0.25, -0.2) is 18.0 Å². The van der Waals surface area contributed by atoms with Gasteiger partial charge in [-0.1, -0.05) is 0 Å². The molecule has 15 heteroatoms. The van der Waals surface area contributed by atoms with Gasteiger partial charge in [0.05, 0.1) is 41.0 Å². The normalized spacial score (nSPS) is 19.2. The van der Waals surface area contributed by atoms with Crippen LogP contribution >= 0.6 is 0 Å². The van der Waals surface area contributed by atoms with Crippen molar-refractivity contribution in [2.24, 2.45) is 5.92 Å². The van der Waals surface area contributed by atoms with Crippen LogP contribution in [-0.4, -0.2) is 51.0 Å². The van der Waals surface area contributed by atoms with Gasteiger partial charge in [-0.2, -0.15) is 26.3 Å². The number of hydrogen-bond donors (Lipinski definition) is 0. The number of carbonyl (C=O) groups is 2. The minimum absolute atomic E-state index is 0.00172. The fourth-order valence-electron chi connectivity index (χ4n) is 5.29. The van der Waals surface area contributed by atoms with Crippen molar-refractivity contribution in [3.8, 4) is 0 Å². The molecule has 8 nitrogen and oxygen atoms in total. The highest BCUT2D eigenvalue weighted by molar-refractivity contribution is 7.90. The number of hydrogen-bond acceptors (Lipinski definition) is 6. The molecule has 2 aromatic carbocycles. The second-order valence-electron chi connectivity index (χ2n) is 11.0. The molecule has 0 N–H and O–H groups in total. The van der Waals surface area contributed by atoms with Crippen molar-refractivity contribution < 1.29 is 53.8 Å². The number of sulfone groups is 1. The highest BCUT2D eigenvalue weighted by Gasteiger charge is 2.47. The fourth-order valence-corrected chi connectivity index (χ4v) is 5.94. The SMILES string of the molecule is COC(=O)N(Cc1cc(C(F)(F)F)cc(C(F)(F)F)c1)[C@H]1C[C@@H](C2CC2)N(C(=O)OC(C)C)c2ccc(S(C)(=O)=O)cc21. The summed E-state index contributed by atoms with van der Waals surface area (Å²) in [5.41, 5.74) is -3.22. The van der Waals surface area contributed by atoms with E-state index in [-0.39, 0.29) is 34.6 Å². The number of methoxy groups -OCH3 is 1. The fraction of sp³-hybridized carbons (Fsp3) is 0.500. The quantitative estimate of drug-likeness (QED) is 0.318. The highest BCUT2D eigenvalue weighted by atomic mass is 32.2. The number of alkyl halides is 6. The van der Waals surface area contributed by atoms with E-state index in [4.69, 9.17) is 9.47 Å². The van der Waals surface area contributed by atoms with Crippen molar-refractivity contribution in [3.63, 3.8) is 0 Å². The maximum absolute atomic E-state index is 13.6. The van der Waals surface area contributed by atoms with Crippen LogP contribution in [-0.2, 0) is 38.2 Å². The van der Waals surface area contributed by atoms with Crippen molar-refractivity contribution in [2.45, 2.75) is 75.1 Å². The molecule has 236 valence electrons. The zero-order valence-electron chi connectivity index (χ0n) is 23.6. The predicted molar refractivity (Wildman–Crippen MR) is 142 cm³/mol. The number of anilines is 1. The van der Waals surface area contributed by atoms with Crippen molar-refractivity contribution >= 4 is 27.7 Å². The van der Waals surface area contributed by atoms with E-state index >= 15 is 0 Å². The van der Waals surface area contributed by atoms with E-state index in [1.54, 1.807) is 13.8 Å². The summed E-state index contributed by atoms with van der Waals surface area (Å²) in [6.45, 7) is 2.56. The molecule has 2 aliphatic rings. The number of nitrogens with zero attached hydrogens (tertiary/aromatic N) is 2. The number of ether oxygens (including phenoxy) is 2. The van der Waals surface area contributed by atoms with E-state index in [9.17, 15) is 44.3 Å². The van der Waals surface area contributed by atoms with Gasteiger partial charge in [0.25, 0.3) is 0 Å². The zero-order chi connectivity index (χ0) is 32.1. The van der Waals surface area contributed by atoms with Crippen LogP contribution in [0.5, 0.6) is 0 Å². The second-order valence-corrected chi connectivity index (χ2v) is 13.0. The molecule has 4 rings (SSSR count). The first kappa shape index (κ1) is 32.4. The Balaban J connectivity index is 1.90. The van der Waals surface area contributed by atoms with Crippen LogP contribution in [0, 0.1) is 5.92 Å². The van der Waals surface area contributed by atoms with Gasteiger partial charge in [0.2, 0.25) is 0 Å². The van der Waals surface area contributed by atoms with Gasteiger partial charge in [0.15, 0.2) is 9.84 Å². The lowest BCUT2D eigenvalue weighted by Gasteiger charge is -2.44. The largest absolute Gasteiger partial charge is 0.453 e. The average molecular weight is 637 g/mol. The summed E-state index contributed by atoms with van der Waals surface area (Å²) < 4.78 is 117. The van der Waals surface area contributed by atoms with Gasteiger partial charge in [-0.3, -0.25) is 9.80 Å². The summed E-state index contributed by atoms with van der Waals surface area (Å²) >= 11 is 0. The molecule has 0 saturated heterocycles. The molecule has 0 aromatic heterocycles. The minimum atomic E-state index is -5.11. The average Bonchev–Trinajstić information content (AvgIpc) is 3.73. The number of halogens is 6. The zero-order valence-corrected chi connectivity index (χ0v) is 24.4. The minimum Gasteiger partial charge on any atom is -0.453 e. The van der Waals surface area contributed by atoms with Crippen molar-refractivity contribution in [1.29, 1.82) is 0 Å². The molecule has 0 spiro atoms. The van der Waals surface area contributed by atoms with Gasteiger partial charge < -0.3 is 9.47 Å². The number of carbonyl (C=O) groups excluding carboxylic acids is 2. The molecule has 2 amide bonds. The lowest BCUT2D eigenvalue weighted by atomic mass is 9.87. The van der Waals surface area contributed by atoms with Crippen LogP contribution in [0.3, 0.4) is 0 Å². The molecule has 1 aliphatic heterocycles. The molecule has 1 saturated carbocycles. The van der Waals surface area contributed by atoms with Gasteiger partial charge in [0, 0.05) is 24.4 Å². The van der Waals surface area contributed by atoms with Crippen LogP contribution in [0.25, 0.3) is 0 Å². The monoisotopic (exact) mass is 636 g/mol. The van der Waals surface area contributed by atoms with E-state index in [2.05, 4.69) is 0 Å². The third kappa shape index (κ3) is 7.19. The third-order valence-electron chi connectivity index (χ3n) is 7.33. The van der Waals surface area contributed by atoms with E-state index in [0.717, 1.165) is 31.1 Å². The van der Waals surface area contributed by atoms with E-state index in [1.165, 1.54) is 23.1 Å². The molecule has 0 unspecified atom stereocenters. The van der Waals surface area contributed by atoms with Crippen LogP contribution in [0.2, 0.25) is 0 Å². The molecular weight excluding hydrogens is 606 g/mol. The Morgan fingerprint density at radius 2 is 1.58 bits per heavy atom. The van der Waals surface area contributed by atoms with Gasteiger partial charge in [-0.15, -0.1) is 0 Å². The van der Waals surface area contributed by atoms with Crippen LogP contribution < -0.4 is 4.90 Å². The van der Waals surface area contributed by atoms with Crippen LogP contribution in [0.1, 0.15) is 61.4 Å². The smallest absolute Gasteiger partial charge is 0.416 e. The Bertz CT molecular complexity index is 1470. The molecular formula is C28H30F6N2O6S. The van der Waals surface area contributed by atoms with Crippen LogP contribution in [0.15, 0.2) is 41.3 Å². The first-order valence-corrected chi connectivity index (χ1v) is 15.2. The van der Waals surface area contributed by atoms with Crippen molar-refractivity contribution in [2.75, 3.05) is 18.3 Å². The maximum Gasteiger partial charge on any atom is 0.416 e. The van der Waals surface area contributed by atoms with Gasteiger partial charge in [-0.05, 0) is 81.0 Å². The summed E-state index contributed by atoms with van der Waals surface area (Å²) in [5, 5.41) is 0. The Labute approximate surface area is 244 Å². The number of benzene rings is 2. The predicted octanol–water partition coefficient (Wildman–Crippen LogP) is 6.97. The lowest BCUT2D eigenvalue weighted by Crippen LogP contribution is -2.50. The molecule has 2 atom stereocenters. The summed E-state index contributed by atoms with van der Waals surface area (Å²) in [6.07, 6.45) is -10.1. The molecule has 1 aliphatic carbocycles.